The molecule has 138 valence electrons. The van der Waals surface area contributed by atoms with Gasteiger partial charge in [-0.2, -0.15) is 0 Å². The zero-order chi connectivity index (χ0) is 18.4. The summed E-state index contributed by atoms with van der Waals surface area (Å²) in [5.41, 5.74) is 4.76. The number of carbonyl (C=O) groups is 1. The molecule has 5 nitrogen and oxygen atoms in total. The Morgan fingerprint density at radius 1 is 1.19 bits per heavy atom. The maximum atomic E-state index is 12.1. The number of morpholine rings is 1. The molecule has 0 saturated carbocycles. The van der Waals surface area contributed by atoms with Crippen LogP contribution in [-0.4, -0.2) is 37.2 Å². The molecule has 26 heavy (non-hydrogen) atoms. The average molecular weight is 353 g/mol. The Morgan fingerprint density at radius 2 is 2.00 bits per heavy atom. The van der Waals surface area contributed by atoms with Gasteiger partial charge in [-0.3, -0.25) is 4.79 Å². The SMILES string of the molecule is Cc1ccc(CCC(=O)NCc2ccc(N3CCOCC3)nc2)c(C)c1. The minimum Gasteiger partial charge on any atom is -0.378 e. The molecule has 1 aromatic heterocycles. The second-order valence-electron chi connectivity index (χ2n) is 6.83. The number of nitrogens with zero attached hydrogens (tertiary/aromatic N) is 2. The van der Waals surface area contributed by atoms with Crippen molar-refractivity contribution in [1.29, 1.82) is 0 Å². The van der Waals surface area contributed by atoms with Crippen LogP contribution in [0.1, 0.15) is 28.7 Å². The number of hydrogen-bond donors (Lipinski definition) is 1. The normalized spacial score (nSPS) is 14.3. The van der Waals surface area contributed by atoms with Crippen LogP contribution >= 0.6 is 0 Å². The summed E-state index contributed by atoms with van der Waals surface area (Å²) in [7, 11) is 0. The van der Waals surface area contributed by atoms with Gasteiger partial charge in [-0.05, 0) is 43.0 Å². The Balaban J connectivity index is 1.45. The van der Waals surface area contributed by atoms with E-state index in [9.17, 15) is 4.79 Å². The average Bonchev–Trinajstić information content (AvgIpc) is 2.67. The van der Waals surface area contributed by atoms with Gasteiger partial charge in [0.25, 0.3) is 0 Å². The van der Waals surface area contributed by atoms with Gasteiger partial charge in [0.15, 0.2) is 0 Å². The third kappa shape index (κ3) is 5.05. The monoisotopic (exact) mass is 353 g/mol. The maximum Gasteiger partial charge on any atom is 0.220 e. The Bertz CT molecular complexity index is 737. The lowest BCUT2D eigenvalue weighted by Gasteiger charge is -2.27. The van der Waals surface area contributed by atoms with Gasteiger partial charge in [0.1, 0.15) is 5.82 Å². The second kappa shape index (κ2) is 8.81. The van der Waals surface area contributed by atoms with Crippen LogP contribution in [0, 0.1) is 13.8 Å². The molecule has 2 heterocycles. The Hall–Kier alpha value is -2.40. The van der Waals surface area contributed by atoms with Gasteiger partial charge in [-0.1, -0.05) is 29.8 Å². The molecule has 0 unspecified atom stereocenters. The lowest BCUT2D eigenvalue weighted by atomic mass is 10.0. The van der Waals surface area contributed by atoms with Gasteiger partial charge in [-0.15, -0.1) is 0 Å². The third-order valence-corrected chi connectivity index (χ3v) is 4.75. The number of nitrogens with one attached hydrogen (secondary N) is 1. The third-order valence-electron chi connectivity index (χ3n) is 4.75. The Kier molecular flexibility index (Phi) is 6.23. The van der Waals surface area contributed by atoms with Crippen molar-refractivity contribution in [3.05, 3.63) is 58.8 Å². The van der Waals surface area contributed by atoms with Crippen LogP contribution in [0.4, 0.5) is 5.82 Å². The highest BCUT2D eigenvalue weighted by Gasteiger charge is 2.12. The molecular formula is C21H27N3O2. The van der Waals surface area contributed by atoms with Crippen LogP contribution in [-0.2, 0) is 22.5 Å². The fourth-order valence-corrected chi connectivity index (χ4v) is 3.16. The summed E-state index contributed by atoms with van der Waals surface area (Å²) in [6.07, 6.45) is 3.12. The summed E-state index contributed by atoms with van der Waals surface area (Å²) in [5, 5.41) is 2.99. The van der Waals surface area contributed by atoms with Gasteiger partial charge in [-0.25, -0.2) is 4.98 Å². The van der Waals surface area contributed by atoms with Gasteiger partial charge in [0.05, 0.1) is 13.2 Å². The number of rotatable bonds is 6. The summed E-state index contributed by atoms with van der Waals surface area (Å²) in [6, 6.07) is 10.4. The molecule has 0 spiro atoms. The fourth-order valence-electron chi connectivity index (χ4n) is 3.16. The summed E-state index contributed by atoms with van der Waals surface area (Å²) in [6.45, 7) is 7.95. The molecule has 3 rings (SSSR count). The highest BCUT2D eigenvalue weighted by Crippen LogP contribution is 2.14. The highest BCUT2D eigenvalue weighted by atomic mass is 16.5. The topological polar surface area (TPSA) is 54.5 Å². The molecule has 5 heteroatoms. The zero-order valence-corrected chi connectivity index (χ0v) is 15.6. The van der Waals surface area contributed by atoms with Crippen molar-refractivity contribution in [2.45, 2.75) is 33.2 Å². The van der Waals surface area contributed by atoms with Crippen molar-refractivity contribution in [1.82, 2.24) is 10.3 Å². The fraction of sp³-hybridized carbons (Fsp3) is 0.429. The number of pyridine rings is 1. The number of anilines is 1. The maximum absolute atomic E-state index is 12.1. The number of ether oxygens (including phenoxy) is 1. The van der Waals surface area contributed by atoms with Crippen molar-refractivity contribution in [3.63, 3.8) is 0 Å². The smallest absolute Gasteiger partial charge is 0.220 e. The molecule has 0 aliphatic carbocycles. The molecule has 1 aliphatic rings. The molecule has 1 fully saturated rings. The predicted octanol–water partition coefficient (Wildman–Crippen LogP) is 2.78. The van der Waals surface area contributed by atoms with Crippen molar-refractivity contribution in [2.75, 3.05) is 31.2 Å². The van der Waals surface area contributed by atoms with E-state index in [1.165, 1.54) is 16.7 Å². The predicted molar refractivity (Wildman–Crippen MR) is 103 cm³/mol. The van der Waals surface area contributed by atoms with Crippen LogP contribution in [0.3, 0.4) is 0 Å². The van der Waals surface area contributed by atoms with E-state index in [-0.39, 0.29) is 5.91 Å². The summed E-state index contributed by atoms with van der Waals surface area (Å²) in [4.78, 5) is 18.9. The van der Waals surface area contributed by atoms with Crippen LogP contribution in [0.5, 0.6) is 0 Å². The minimum atomic E-state index is 0.0715. The highest BCUT2D eigenvalue weighted by molar-refractivity contribution is 5.76. The molecule has 0 bridgehead atoms. The van der Waals surface area contributed by atoms with E-state index in [1.807, 2.05) is 18.3 Å². The van der Waals surface area contributed by atoms with E-state index < -0.39 is 0 Å². The van der Waals surface area contributed by atoms with Crippen LogP contribution in [0.15, 0.2) is 36.5 Å². The molecule has 1 aliphatic heterocycles. The van der Waals surface area contributed by atoms with Crippen LogP contribution in [0.2, 0.25) is 0 Å². The minimum absolute atomic E-state index is 0.0715. The van der Waals surface area contributed by atoms with Crippen molar-refractivity contribution in [2.24, 2.45) is 0 Å². The molecular weight excluding hydrogens is 326 g/mol. The number of amides is 1. The number of aromatic nitrogens is 1. The molecule has 0 atom stereocenters. The standard InChI is InChI=1S/C21H27N3O2/c1-16-3-5-19(17(2)13-16)6-8-21(25)23-15-18-4-7-20(22-14-18)24-9-11-26-12-10-24/h3-5,7,13-14H,6,8-12,15H2,1-2H3,(H,23,25). The summed E-state index contributed by atoms with van der Waals surface area (Å²) >= 11 is 0. The first-order chi connectivity index (χ1) is 12.6. The van der Waals surface area contributed by atoms with E-state index in [1.54, 1.807) is 0 Å². The van der Waals surface area contributed by atoms with Crippen LogP contribution < -0.4 is 10.2 Å². The van der Waals surface area contributed by atoms with Crippen molar-refractivity contribution < 1.29 is 9.53 Å². The summed E-state index contributed by atoms with van der Waals surface area (Å²) < 4.78 is 5.36. The number of hydrogen-bond acceptors (Lipinski definition) is 4. The number of benzene rings is 1. The van der Waals surface area contributed by atoms with E-state index in [0.29, 0.717) is 13.0 Å². The first-order valence-electron chi connectivity index (χ1n) is 9.22. The van der Waals surface area contributed by atoms with Gasteiger partial charge in [0, 0.05) is 32.3 Å². The van der Waals surface area contributed by atoms with E-state index in [0.717, 1.165) is 44.1 Å². The first kappa shape index (κ1) is 18.4. The lowest BCUT2D eigenvalue weighted by Crippen LogP contribution is -2.36. The van der Waals surface area contributed by atoms with E-state index in [2.05, 4.69) is 47.2 Å². The molecule has 1 N–H and O–H groups in total. The van der Waals surface area contributed by atoms with Gasteiger partial charge >= 0.3 is 0 Å². The molecule has 1 aromatic carbocycles. The Labute approximate surface area is 155 Å². The van der Waals surface area contributed by atoms with Crippen molar-refractivity contribution in [3.8, 4) is 0 Å². The van der Waals surface area contributed by atoms with Crippen LogP contribution in [0.25, 0.3) is 0 Å². The van der Waals surface area contributed by atoms with E-state index >= 15 is 0 Å². The van der Waals surface area contributed by atoms with Gasteiger partial charge in [0.2, 0.25) is 5.91 Å². The molecule has 1 amide bonds. The van der Waals surface area contributed by atoms with E-state index in [4.69, 9.17) is 4.74 Å². The first-order valence-corrected chi connectivity index (χ1v) is 9.22. The number of carbonyl (C=O) groups excluding carboxylic acids is 1. The van der Waals surface area contributed by atoms with Crippen molar-refractivity contribution >= 4 is 11.7 Å². The Morgan fingerprint density at radius 3 is 2.69 bits per heavy atom. The second-order valence-corrected chi connectivity index (χ2v) is 6.83. The molecule has 1 saturated heterocycles. The zero-order valence-electron chi connectivity index (χ0n) is 15.6. The lowest BCUT2D eigenvalue weighted by molar-refractivity contribution is -0.121. The quantitative estimate of drug-likeness (QED) is 0.868. The largest absolute Gasteiger partial charge is 0.378 e. The summed E-state index contributed by atoms with van der Waals surface area (Å²) in [5.74, 6) is 1.04. The number of aryl methyl sites for hydroxylation is 3. The molecule has 2 aromatic rings. The van der Waals surface area contributed by atoms with Gasteiger partial charge < -0.3 is 15.0 Å². The molecule has 0 radical (unpaired) electrons.